The van der Waals surface area contributed by atoms with Crippen LogP contribution in [0.4, 0.5) is 0 Å². The fourth-order valence-corrected chi connectivity index (χ4v) is 1.86. The van der Waals surface area contributed by atoms with Crippen molar-refractivity contribution in [2.24, 2.45) is 0 Å². The molecule has 14 heavy (non-hydrogen) atoms. The first-order chi connectivity index (χ1) is 6.48. The average molecular weight is 216 g/mol. The summed E-state index contributed by atoms with van der Waals surface area (Å²) in [7, 11) is 4.16. The third-order valence-corrected chi connectivity index (χ3v) is 3.44. The molecule has 0 aliphatic heterocycles. The molecule has 4 heteroatoms. The minimum absolute atomic E-state index is 0.0291. The number of nitrogens with zero attached hydrogens (tertiary/aromatic N) is 1. The maximum atomic E-state index is 11.3. The molecule has 0 radical (unpaired) electrons. The Morgan fingerprint density at radius 2 is 2.14 bits per heavy atom. The van der Waals surface area contributed by atoms with Gasteiger partial charge in [-0.15, -0.1) is 0 Å². The van der Waals surface area contributed by atoms with Gasteiger partial charge in [0.2, 0.25) is 5.91 Å². The van der Waals surface area contributed by atoms with Gasteiger partial charge in [0, 0.05) is 12.1 Å². The van der Waals surface area contributed by atoms with E-state index in [1.807, 2.05) is 0 Å². The molecule has 3 nitrogen and oxygen atoms in total. The van der Waals surface area contributed by atoms with Gasteiger partial charge in [-0.3, -0.25) is 4.79 Å². The molecular weight excluding hydrogens is 196 g/mol. The second-order valence-corrected chi connectivity index (χ2v) is 5.14. The molecule has 1 unspecified atom stereocenters. The van der Waals surface area contributed by atoms with E-state index in [0.717, 1.165) is 6.54 Å². The molecule has 0 aromatic heterocycles. The minimum atomic E-state index is -0.214. The lowest BCUT2D eigenvalue weighted by Gasteiger charge is -2.47. The maximum absolute atomic E-state index is 11.3. The van der Waals surface area contributed by atoms with Crippen LogP contribution in [0.25, 0.3) is 0 Å². The van der Waals surface area contributed by atoms with E-state index in [2.05, 4.69) is 36.9 Å². The van der Waals surface area contributed by atoms with Gasteiger partial charge in [0.15, 0.2) is 0 Å². The highest BCUT2D eigenvalue weighted by atomic mass is 32.1. The zero-order valence-corrected chi connectivity index (χ0v) is 10.1. The van der Waals surface area contributed by atoms with Gasteiger partial charge in [-0.1, -0.05) is 0 Å². The largest absolute Gasteiger partial charge is 0.353 e. The van der Waals surface area contributed by atoms with Gasteiger partial charge in [0.05, 0.1) is 5.25 Å². The molecule has 1 amide bonds. The molecule has 0 aromatic rings. The van der Waals surface area contributed by atoms with E-state index in [0.29, 0.717) is 0 Å². The second-order valence-electron chi connectivity index (χ2n) is 4.37. The van der Waals surface area contributed by atoms with E-state index in [4.69, 9.17) is 0 Å². The first-order valence-electron chi connectivity index (χ1n) is 5.11. The number of hydrogen-bond acceptors (Lipinski definition) is 3. The number of amides is 1. The van der Waals surface area contributed by atoms with Crippen LogP contribution >= 0.6 is 12.6 Å². The Balaban J connectivity index is 2.39. The number of likely N-dealkylation sites (N-methyl/N-ethyl adjacent to an activating group) is 1. The van der Waals surface area contributed by atoms with Crippen LogP contribution in [0.5, 0.6) is 0 Å². The molecule has 1 saturated carbocycles. The Hall–Kier alpha value is -0.220. The van der Waals surface area contributed by atoms with Crippen molar-refractivity contribution in [3.8, 4) is 0 Å². The Morgan fingerprint density at radius 1 is 1.57 bits per heavy atom. The fraction of sp³-hybridized carbons (Fsp3) is 0.900. The van der Waals surface area contributed by atoms with Crippen LogP contribution in [0.3, 0.4) is 0 Å². The third-order valence-electron chi connectivity index (χ3n) is 3.20. The molecular formula is C10H20N2OS. The van der Waals surface area contributed by atoms with E-state index >= 15 is 0 Å². The molecule has 1 aliphatic carbocycles. The van der Waals surface area contributed by atoms with Gasteiger partial charge in [-0.05, 0) is 40.3 Å². The number of nitrogens with one attached hydrogen (secondary N) is 1. The van der Waals surface area contributed by atoms with Crippen LogP contribution < -0.4 is 5.32 Å². The number of carbonyl (C=O) groups excluding carboxylic acids is 1. The maximum Gasteiger partial charge on any atom is 0.232 e. The molecule has 0 heterocycles. The van der Waals surface area contributed by atoms with Crippen LogP contribution in [0, 0.1) is 0 Å². The van der Waals surface area contributed by atoms with Gasteiger partial charge in [0.1, 0.15) is 0 Å². The molecule has 1 rings (SSSR count). The third kappa shape index (κ3) is 2.42. The van der Waals surface area contributed by atoms with Gasteiger partial charge in [-0.25, -0.2) is 0 Å². The van der Waals surface area contributed by atoms with Crippen LogP contribution in [-0.2, 0) is 4.79 Å². The van der Waals surface area contributed by atoms with Gasteiger partial charge >= 0.3 is 0 Å². The first kappa shape index (κ1) is 11.9. The smallest absolute Gasteiger partial charge is 0.232 e. The number of thiol groups is 1. The fourth-order valence-electron chi connectivity index (χ4n) is 1.77. The van der Waals surface area contributed by atoms with Gasteiger partial charge in [-0.2, -0.15) is 12.6 Å². The van der Waals surface area contributed by atoms with Crippen molar-refractivity contribution in [1.29, 1.82) is 0 Å². The van der Waals surface area contributed by atoms with Crippen molar-refractivity contribution in [1.82, 2.24) is 10.2 Å². The highest BCUT2D eigenvalue weighted by molar-refractivity contribution is 7.81. The molecule has 0 saturated heterocycles. The normalized spacial score (nSPS) is 21.5. The van der Waals surface area contributed by atoms with E-state index in [1.165, 1.54) is 19.3 Å². The Labute approximate surface area is 91.6 Å². The van der Waals surface area contributed by atoms with E-state index in [1.54, 1.807) is 6.92 Å². The van der Waals surface area contributed by atoms with Crippen molar-refractivity contribution in [2.45, 2.75) is 37.0 Å². The van der Waals surface area contributed by atoms with Crippen LogP contribution in [0.15, 0.2) is 0 Å². The van der Waals surface area contributed by atoms with Crippen LogP contribution in [0.1, 0.15) is 26.2 Å². The minimum Gasteiger partial charge on any atom is -0.353 e. The zero-order valence-electron chi connectivity index (χ0n) is 9.21. The summed E-state index contributed by atoms with van der Waals surface area (Å²) in [6.45, 7) is 2.55. The van der Waals surface area contributed by atoms with E-state index in [9.17, 15) is 4.79 Å². The monoisotopic (exact) mass is 216 g/mol. The summed E-state index contributed by atoms with van der Waals surface area (Å²) in [5.74, 6) is 0.0291. The molecule has 1 atom stereocenters. The van der Waals surface area contributed by atoms with E-state index < -0.39 is 0 Å². The summed E-state index contributed by atoms with van der Waals surface area (Å²) < 4.78 is 0. The van der Waals surface area contributed by atoms with Crippen molar-refractivity contribution >= 4 is 18.5 Å². The van der Waals surface area contributed by atoms with Gasteiger partial charge < -0.3 is 10.2 Å². The summed E-state index contributed by atoms with van der Waals surface area (Å²) in [5.41, 5.74) is 0.207. The topological polar surface area (TPSA) is 32.3 Å². The van der Waals surface area contributed by atoms with Crippen molar-refractivity contribution in [2.75, 3.05) is 20.6 Å². The number of carbonyl (C=O) groups is 1. The molecule has 0 bridgehead atoms. The molecule has 82 valence electrons. The summed E-state index contributed by atoms with van der Waals surface area (Å²) in [6, 6.07) is 0. The van der Waals surface area contributed by atoms with Crippen molar-refractivity contribution < 1.29 is 4.79 Å². The van der Waals surface area contributed by atoms with Crippen LogP contribution in [-0.4, -0.2) is 42.2 Å². The highest BCUT2D eigenvalue weighted by Crippen LogP contribution is 2.35. The second kappa shape index (κ2) is 4.53. The Bertz CT molecular complexity index is 212. The molecule has 1 aliphatic rings. The lowest BCUT2D eigenvalue weighted by Crippen LogP contribution is -2.57. The average Bonchev–Trinajstić information content (AvgIpc) is 2.00. The summed E-state index contributed by atoms with van der Waals surface area (Å²) in [4.78, 5) is 13.6. The van der Waals surface area contributed by atoms with Gasteiger partial charge in [0.25, 0.3) is 0 Å². The van der Waals surface area contributed by atoms with Crippen LogP contribution in [0.2, 0.25) is 0 Å². The summed E-state index contributed by atoms with van der Waals surface area (Å²) in [6.07, 6.45) is 3.63. The molecule has 1 fully saturated rings. The lowest BCUT2D eigenvalue weighted by molar-refractivity contribution is -0.121. The van der Waals surface area contributed by atoms with Crippen molar-refractivity contribution in [3.63, 3.8) is 0 Å². The summed E-state index contributed by atoms with van der Waals surface area (Å²) in [5, 5.41) is 2.74. The Morgan fingerprint density at radius 3 is 2.43 bits per heavy atom. The number of hydrogen-bond donors (Lipinski definition) is 2. The summed E-state index contributed by atoms with van der Waals surface area (Å²) >= 11 is 4.10. The standard InChI is InChI=1S/C10H20N2OS/c1-8(14)9(13)11-7-10(12(2)3)5-4-6-10/h8,14H,4-7H2,1-3H3,(H,11,13). The predicted octanol–water partition coefficient (Wildman–Crippen LogP) is 0.905. The quantitative estimate of drug-likeness (QED) is 0.685. The van der Waals surface area contributed by atoms with Crippen molar-refractivity contribution in [3.05, 3.63) is 0 Å². The lowest BCUT2D eigenvalue weighted by atomic mass is 9.75. The molecule has 1 N–H and O–H groups in total. The molecule has 0 spiro atoms. The predicted molar refractivity (Wildman–Crippen MR) is 61.7 cm³/mol. The highest BCUT2D eigenvalue weighted by Gasteiger charge is 2.39. The number of rotatable bonds is 4. The van der Waals surface area contributed by atoms with E-state index in [-0.39, 0.29) is 16.7 Å². The zero-order chi connectivity index (χ0) is 10.8. The first-order valence-corrected chi connectivity index (χ1v) is 5.63. The Kier molecular flexibility index (Phi) is 3.84. The SMILES string of the molecule is CC(S)C(=O)NCC1(N(C)C)CCC1. The molecule has 0 aromatic carbocycles.